The van der Waals surface area contributed by atoms with E-state index in [1.165, 1.54) is 64.2 Å². The summed E-state index contributed by atoms with van der Waals surface area (Å²) in [5.41, 5.74) is 0. The van der Waals surface area contributed by atoms with Gasteiger partial charge in [-0.1, -0.05) is 84.0 Å². The second kappa shape index (κ2) is 20.7. The fourth-order valence-electron chi connectivity index (χ4n) is 3.59. The molecule has 4 nitrogen and oxygen atoms in total. The number of unbranched alkanes of at least 4 members (excludes halogenated alkanes) is 12. The third-order valence-electron chi connectivity index (χ3n) is 5.35. The van der Waals surface area contributed by atoms with Gasteiger partial charge in [0.15, 0.2) is 0 Å². The van der Waals surface area contributed by atoms with Crippen LogP contribution in [-0.2, 0) is 19.1 Å². The average Bonchev–Trinajstić information content (AvgIpc) is 2.68. The van der Waals surface area contributed by atoms with Gasteiger partial charge in [0, 0.05) is 6.42 Å². The molecule has 0 saturated carbocycles. The van der Waals surface area contributed by atoms with Crippen LogP contribution in [0, 0.1) is 5.92 Å². The molecule has 0 spiro atoms. The van der Waals surface area contributed by atoms with E-state index in [0.29, 0.717) is 19.6 Å². The first kappa shape index (κ1) is 26.9. The summed E-state index contributed by atoms with van der Waals surface area (Å²) in [5, 5.41) is 0. The zero-order valence-corrected chi connectivity index (χ0v) is 18.9. The zero-order chi connectivity index (χ0) is 20.9. The third-order valence-corrected chi connectivity index (χ3v) is 5.35. The number of hydrogen-bond acceptors (Lipinski definition) is 4. The van der Waals surface area contributed by atoms with Gasteiger partial charge < -0.3 is 9.47 Å². The molecule has 0 fully saturated rings. The van der Waals surface area contributed by atoms with E-state index in [1.54, 1.807) is 0 Å². The molecule has 0 rings (SSSR count). The van der Waals surface area contributed by atoms with Crippen molar-refractivity contribution >= 4 is 11.9 Å². The highest BCUT2D eigenvalue weighted by Gasteiger charge is 2.16. The summed E-state index contributed by atoms with van der Waals surface area (Å²) in [6.45, 7) is 6.79. The van der Waals surface area contributed by atoms with Crippen molar-refractivity contribution in [1.29, 1.82) is 0 Å². The van der Waals surface area contributed by atoms with Crippen molar-refractivity contribution in [2.24, 2.45) is 5.92 Å². The summed E-state index contributed by atoms with van der Waals surface area (Å²) in [6.07, 6.45) is 18.8. The summed E-state index contributed by atoms with van der Waals surface area (Å²) in [4.78, 5) is 23.0. The minimum absolute atomic E-state index is 0.0102. The van der Waals surface area contributed by atoms with Crippen LogP contribution in [-0.4, -0.2) is 25.2 Å². The maximum atomic E-state index is 11.7. The van der Waals surface area contributed by atoms with Crippen molar-refractivity contribution in [3.05, 3.63) is 0 Å². The van der Waals surface area contributed by atoms with Crippen LogP contribution in [0.1, 0.15) is 124 Å². The highest BCUT2D eigenvalue weighted by Crippen LogP contribution is 2.17. The molecule has 1 atom stereocenters. The first-order chi connectivity index (χ1) is 13.7. The molecule has 28 heavy (non-hydrogen) atoms. The summed E-state index contributed by atoms with van der Waals surface area (Å²) in [6, 6.07) is 0. The van der Waals surface area contributed by atoms with Crippen LogP contribution in [0.25, 0.3) is 0 Å². The van der Waals surface area contributed by atoms with E-state index < -0.39 is 0 Å². The zero-order valence-electron chi connectivity index (χ0n) is 18.9. The smallest absolute Gasteiger partial charge is 0.308 e. The molecular weight excluding hydrogens is 352 g/mol. The second-order valence-corrected chi connectivity index (χ2v) is 7.80. The molecule has 0 heterocycles. The molecule has 4 heteroatoms. The van der Waals surface area contributed by atoms with E-state index in [-0.39, 0.29) is 17.9 Å². The fourth-order valence-corrected chi connectivity index (χ4v) is 3.59. The molecule has 0 aliphatic carbocycles. The van der Waals surface area contributed by atoms with Crippen molar-refractivity contribution in [2.45, 2.75) is 124 Å². The van der Waals surface area contributed by atoms with Gasteiger partial charge in [-0.15, -0.1) is 0 Å². The third kappa shape index (κ3) is 17.1. The lowest BCUT2D eigenvalue weighted by atomic mass is 9.98. The SMILES string of the molecule is CCOC(=O)CCCCCCCCCCCCCCCC(CC)C(=O)OCC. The van der Waals surface area contributed by atoms with E-state index in [4.69, 9.17) is 9.47 Å². The summed E-state index contributed by atoms with van der Waals surface area (Å²) < 4.78 is 10.1. The molecule has 0 aliphatic heterocycles. The highest BCUT2D eigenvalue weighted by atomic mass is 16.5. The Hall–Kier alpha value is -1.06. The van der Waals surface area contributed by atoms with Gasteiger partial charge in [-0.3, -0.25) is 9.59 Å². The normalized spacial score (nSPS) is 12.0. The number of carbonyl (C=O) groups excluding carboxylic acids is 2. The van der Waals surface area contributed by atoms with E-state index in [9.17, 15) is 9.59 Å². The Kier molecular flexibility index (Phi) is 19.9. The van der Waals surface area contributed by atoms with Gasteiger partial charge in [-0.2, -0.15) is 0 Å². The van der Waals surface area contributed by atoms with Gasteiger partial charge in [0.05, 0.1) is 19.1 Å². The van der Waals surface area contributed by atoms with Gasteiger partial charge in [0.2, 0.25) is 0 Å². The fraction of sp³-hybridized carbons (Fsp3) is 0.917. The molecule has 0 aromatic heterocycles. The van der Waals surface area contributed by atoms with Crippen molar-refractivity contribution in [3.8, 4) is 0 Å². The number of hydrogen-bond donors (Lipinski definition) is 0. The molecule has 166 valence electrons. The number of rotatable bonds is 20. The molecule has 0 amide bonds. The van der Waals surface area contributed by atoms with Crippen LogP contribution in [0.15, 0.2) is 0 Å². The van der Waals surface area contributed by atoms with Gasteiger partial charge >= 0.3 is 11.9 Å². The predicted octanol–water partition coefficient (Wildman–Crippen LogP) is 6.99. The molecule has 0 aromatic rings. The number of ether oxygens (including phenoxy) is 2. The maximum absolute atomic E-state index is 11.7. The lowest BCUT2D eigenvalue weighted by Crippen LogP contribution is -2.16. The minimum atomic E-state index is -0.0494. The summed E-state index contributed by atoms with van der Waals surface area (Å²) in [7, 11) is 0. The van der Waals surface area contributed by atoms with Crippen LogP contribution in [0.2, 0.25) is 0 Å². The standard InChI is InChI=1S/C24H46O4/c1-4-22(24(26)28-6-3)20-18-16-14-12-10-8-7-9-11-13-15-17-19-21-23(25)27-5-2/h22H,4-21H2,1-3H3. The molecule has 0 bridgehead atoms. The summed E-state index contributed by atoms with van der Waals surface area (Å²) in [5.74, 6) is 0.0424. The largest absolute Gasteiger partial charge is 0.466 e. The van der Waals surface area contributed by atoms with Crippen LogP contribution in [0.5, 0.6) is 0 Å². The van der Waals surface area contributed by atoms with Crippen LogP contribution in [0.4, 0.5) is 0 Å². The average molecular weight is 399 g/mol. The Morgan fingerprint density at radius 3 is 1.46 bits per heavy atom. The Balaban J connectivity index is 3.27. The van der Waals surface area contributed by atoms with Gasteiger partial charge in [0.25, 0.3) is 0 Å². The van der Waals surface area contributed by atoms with Crippen molar-refractivity contribution in [3.63, 3.8) is 0 Å². The van der Waals surface area contributed by atoms with Crippen molar-refractivity contribution < 1.29 is 19.1 Å². The molecule has 0 N–H and O–H groups in total. The Morgan fingerprint density at radius 1 is 0.607 bits per heavy atom. The van der Waals surface area contributed by atoms with E-state index in [1.807, 2.05) is 13.8 Å². The predicted molar refractivity (Wildman–Crippen MR) is 116 cm³/mol. The molecule has 0 aliphatic rings. The van der Waals surface area contributed by atoms with Gasteiger partial charge in [-0.05, 0) is 33.1 Å². The molecule has 1 unspecified atom stereocenters. The van der Waals surface area contributed by atoms with E-state index in [2.05, 4.69) is 6.92 Å². The minimum Gasteiger partial charge on any atom is -0.466 e. The maximum Gasteiger partial charge on any atom is 0.308 e. The van der Waals surface area contributed by atoms with E-state index in [0.717, 1.165) is 32.1 Å². The first-order valence-corrected chi connectivity index (χ1v) is 12.0. The number of carbonyl (C=O) groups is 2. The lowest BCUT2D eigenvalue weighted by Gasteiger charge is -2.13. The topological polar surface area (TPSA) is 52.6 Å². The Bertz CT molecular complexity index is 368. The highest BCUT2D eigenvalue weighted by molar-refractivity contribution is 5.72. The lowest BCUT2D eigenvalue weighted by molar-refractivity contribution is -0.148. The quantitative estimate of drug-likeness (QED) is 0.164. The summed E-state index contributed by atoms with van der Waals surface area (Å²) >= 11 is 0. The second-order valence-electron chi connectivity index (χ2n) is 7.80. The van der Waals surface area contributed by atoms with Gasteiger partial charge in [0.1, 0.15) is 0 Å². The van der Waals surface area contributed by atoms with Crippen molar-refractivity contribution in [2.75, 3.05) is 13.2 Å². The Labute approximate surface area is 174 Å². The Morgan fingerprint density at radius 2 is 1.04 bits per heavy atom. The van der Waals surface area contributed by atoms with Crippen LogP contribution in [0.3, 0.4) is 0 Å². The molecule has 0 radical (unpaired) electrons. The molecule has 0 aromatic carbocycles. The monoisotopic (exact) mass is 398 g/mol. The first-order valence-electron chi connectivity index (χ1n) is 12.0. The van der Waals surface area contributed by atoms with Gasteiger partial charge in [-0.25, -0.2) is 0 Å². The number of esters is 2. The molecular formula is C24H46O4. The molecule has 0 saturated heterocycles. The van der Waals surface area contributed by atoms with Crippen LogP contribution >= 0.6 is 0 Å². The van der Waals surface area contributed by atoms with Crippen molar-refractivity contribution in [1.82, 2.24) is 0 Å². The van der Waals surface area contributed by atoms with Crippen LogP contribution < -0.4 is 0 Å². The van der Waals surface area contributed by atoms with E-state index >= 15 is 0 Å².